The minimum Gasteiger partial charge on any atom is -0.449 e. The highest BCUT2D eigenvalue weighted by Gasteiger charge is 2.28. The second-order valence-corrected chi connectivity index (χ2v) is 10.1. The molecule has 0 bridgehead atoms. The number of Topliss-reactive ketones (excluding diaryl/α,β-unsaturated/α-hetero) is 2. The van der Waals surface area contributed by atoms with E-state index in [9.17, 15) is 24.0 Å². The number of carbonyl (C=O) groups is 5. The molecule has 40 heavy (non-hydrogen) atoms. The number of pyridine rings is 1. The molecular weight excluding hydrogens is 580 g/mol. The van der Waals surface area contributed by atoms with Crippen LogP contribution in [-0.4, -0.2) is 54.2 Å². The zero-order valence-electron chi connectivity index (χ0n) is 22.7. The van der Waals surface area contributed by atoms with Crippen LogP contribution >= 0.6 is 15.9 Å². The maximum atomic E-state index is 12.6. The summed E-state index contributed by atoms with van der Waals surface area (Å²) in [6.45, 7) is 6.77. The number of carbonyl (C=O) groups excluding carboxylic acids is 5. The van der Waals surface area contributed by atoms with Crippen molar-refractivity contribution in [1.82, 2.24) is 15.6 Å². The molecule has 10 nitrogen and oxygen atoms in total. The lowest BCUT2D eigenvalue weighted by Crippen LogP contribution is -2.33. The van der Waals surface area contributed by atoms with Crippen LogP contribution in [0.2, 0.25) is 0 Å². The number of rotatable bonds is 10. The third-order valence-corrected chi connectivity index (χ3v) is 7.26. The highest BCUT2D eigenvalue weighted by Crippen LogP contribution is 2.28. The van der Waals surface area contributed by atoms with E-state index in [2.05, 4.69) is 36.9 Å². The minimum atomic E-state index is -0.718. The number of ketones is 2. The summed E-state index contributed by atoms with van der Waals surface area (Å²) in [7, 11) is 0. The van der Waals surface area contributed by atoms with E-state index in [1.54, 1.807) is 64.1 Å². The van der Waals surface area contributed by atoms with Crippen LogP contribution in [0, 0.1) is 0 Å². The first-order valence-electron chi connectivity index (χ1n) is 12.7. The fourth-order valence-electron chi connectivity index (χ4n) is 3.92. The zero-order valence-corrected chi connectivity index (χ0v) is 24.3. The van der Waals surface area contributed by atoms with Gasteiger partial charge in [-0.25, -0.2) is 4.79 Å². The Morgan fingerprint density at radius 1 is 0.975 bits per heavy atom. The van der Waals surface area contributed by atoms with E-state index in [-0.39, 0.29) is 48.7 Å². The van der Waals surface area contributed by atoms with Gasteiger partial charge in [-0.2, -0.15) is 0 Å². The second kappa shape index (κ2) is 13.8. The van der Waals surface area contributed by atoms with Gasteiger partial charge in [-0.15, -0.1) is 0 Å². The first-order valence-corrected chi connectivity index (χ1v) is 13.5. The van der Waals surface area contributed by atoms with Gasteiger partial charge in [0.1, 0.15) is 5.69 Å². The lowest BCUT2D eigenvalue weighted by molar-refractivity contribution is -0.122. The van der Waals surface area contributed by atoms with Crippen LogP contribution in [0.25, 0.3) is 0 Å². The molecule has 0 saturated heterocycles. The van der Waals surface area contributed by atoms with E-state index in [0.29, 0.717) is 39.0 Å². The number of ether oxygens (including phenoxy) is 1. The molecule has 11 heteroatoms. The quantitative estimate of drug-likeness (QED) is 0.269. The predicted molar refractivity (Wildman–Crippen MR) is 153 cm³/mol. The number of anilines is 1. The Labute approximate surface area is 240 Å². The molecule has 0 spiro atoms. The summed E-state index contributed by atoms with van der Waals surface area (Å²) in [6.07, 6.45) is 1.20. The number of nitrogens with one attached hydrogen (secondary N) is 3. The van der Waals surface area contributed by atoms with Gasteiger partial charge in [-0.05, 0) is 79.9 Å². The van der Waals surface area contributed by atoms with E-state index < -0.39 is 12.0 Å². The van der Waals surface area contributed by atoms with Crippen LogP contribution in [0.4, 0.5) is 10.5 Å². The average molecular weight is 611 g/mol. The van der Waals surface area contributed by atoms with E-state index in [1.165, 1.54) is 6.20 Å². The number of halogens is 1. The summed E-state index contributed by atoms with van der Waals surface area (Å²) >= 11 is 3.44. The molecule has 1 aliphatic rings. The van der Waals surface area contributed by atoms with Gasteiger partial charge in [-0.1, -0.05) is 12.1 Å². The molecular formula is C29H31BrN4O6. The Kier molecular flexibility index (Phi) is 10.5. The monoisotopic (exact) mass is 610 g/mol. The number of nitrogens with zero attached hydrogens (tertiary/aromatic N) is 1. The summed E-state index contributed by atoms with van der Waals surface area (Å²) in [5.41, 5.74) is 2.95. The van der Waals surface area contributed by atoms with E-state index in [4.69, 9.17) is 4.74 Å². The molecule has 1 atom stereocenters. The van der Waals surface area contributed by atoms with Crippen LogP contribution in [0.1, 0.15) is 56.1 Å². The van der Waals surface area contributed by atoms with Gasteiger partial charge in [0.2, 0.25) is 5.91 Å². The van der Waals surface area contributed by atoms with Crippen molar-refractivity contribution in [3.8, 4) is 0 Å². The lowest BCUT2D eigenvalue weighted by Gasteiger charge is -2.18. The normalized spacial score (nSPS) is 14.1. The van der Waals surface area contributed by atoms with Gasteiger partial charge in [0, 0.05) is 39.5 Å². The molecule has 3 amide bonds. The maximum absolute atomic E-state index is 12.6. The van der Waals surface area contributed by atoms with Crippen molar-refractivity contribution < 1.29 is 28.7 Å². The lowest BCUT2D eigenvalue weighted by atomic mass is 9.86. The van der Waals surface area contributed by atoms with Gasteiger partial charge < -0.3 is 20.7 Å². The Balaban J connectivity index is 1.40. The molecule has 1 aromatic carbocycles. The molecule has 3 N–H and O–H groups in total. The predicted octanol–water partition coefficient (Wildman–Crippen LogP) is 4.24. The van der Waals surface area contributed by atoms with Gasteiger partial charge >= 0.3 is 6.09 Å². The van der Waals surface area contributed by atoms with Gasteiger partial charge in [-0.3, -0.25) is 24.2 Å². The van der Waals surface area contributed by atoms with Crippen LogP contribution < -0.4 is 16.0 Å². The molecule has 0 radical (unpaired) electrons. The number of amides is 3. The number of aromatic nitrogens is 1. The van der Waals surface area contributed by atoms with Crippen molar-refractivity contribution in [3.05, 3.63) is 80.6 Å². The zero-order chi connectivity index (χ0) is 29.4. The van der Waals surface area contributed by atoms with Gasteiger partial charge in [0.05, 0.1) is 24.8 Å². The number of allylic oxidation sites excluding steroid dienone is 3. The summed E-state index contributed by atoms with van der Waals surface area (Å²) < 4.78 is 5.75. The Hall–Kier alpha value is -4.12. The number of hydrogen-bond acceptors (Lipinski definition) is 7. The fraction of sp³-hybridized carbons (Fsp3) is 0.310. The molecule has 0 aliphatic heterocycles. The second-order valence-electron chi connectivity index (χ2n) is 9.28. The largest absolute Gasteiger partial charge is 0.449 e. The highest BCUT2D eigenvalue weighted by molar-refractivity contribution is 9.10. The third kappa shape index (κ3) is 7.50. The topological polar surface area (TPSA) is 144 Å². The Morgan fingerprint density at radius 2 is 1.70 bits per heavy atom. The number of benzene rings is 1. The summed E-state index contributed by atoms with van der Waals surface area (Å²) in [5.74, 6) is -1.48. The maximum Gasteiger partial charge on any atom is 0.407 e. The van der Waals surface area contributed by atoms with Gasteiger partial charge in [0.25, 0.3) is 5.91 Å². The SMILES string of the molecule is CC1=C(C)C(=O)C(CNC(=O)OCCCNC(=O)C(C)c2ccc(NC(=O)c3ccccn3)c(Br)c2)=C(C)C1=O. The molecule has 1 aliphatic carbocycles. The first-order chi connectivity index (χ1) is 19.0. The van der Waals surface area contributed by atoms with Crippen molar-refractivity contribution >= 4 is 51.1 Å². The molecule has 1 unspecified atom stereocenters. The summed E-state index contributed by atoms with van der Waals surface area (Å²) in [5, 5.41) is 8.10. The van der Waals surface area contributed by atoms with Crippen molar-refractivity contribution in [2.75, 3.05) is 25.0 Å². The molecule has 1 aromatic heterocycles. The standard InChI is InChI=1S/C29H31BrN4O6/c1-16-17(2)26(36)21(19(4)25(16)35)15-33-29(39)40-13-7-12-32-27(37)18(3)20-9-10-23(22(30)14-20)34-28(38)24-8-5-6-11-31-24/h5-6,8-11,14,18H,7,12-13,15H2,1-4H3,(H,32,37)(H,33,39)(H,34,38). The van der Waals surface area contributed by atoms with Crippen LogP contribution in [0.15, 0.2) is 69.4 Å². The molecule has 0 saturated carbocycles. The Morgan fingerprint density at radius 3 is 2.38 bits per heavy atom. The van der Waals surface area contributed by atoms with E-state index in [1.807, 2.05) is 0 Å². The third-order valence-electron chi connectivity index (χ3n) is 6.61. The Bertz CT molecular complexity index is 1400. The fourth-order valence-corrected chi connectivity index (χ4v) is 4.41. The smallest absolute Gasteiger partial charge is 0.407 e. The van der Waals surface area contributed by atoms with E-state index in [0.717, 1.165) is 5.56 Å². The van der Waals surface area contributed by atoms with Gasteiger partial charge in [0.15, 0.2) is 11.6 Å². The van der Waals surface area contributed by atoms with Crippen molar-refractivity contribution in [1.29, 1.82) is 0 Å². The summed E-state index contributed by atoms with van der Waals surface area (Å²) in [6, 6.07) is 10.3. The summed E-state index contributed by atoms with van der Waals surface area (Å²) in [4.78, 5) is 65.7. The minimum absolute atomic E-state index is 0.0552. The van der Waals surface area contributed by atoms with Crippen LogP contribution in [-0.2, 0) is 19.1 Å². The number of hydrogen-bond donors (Lipinski definition) is 3. The average Bonchev–Trinajstić information content (AvgIpc) is 2.95. The molecule has 2 aromatic rings. The van der Waals surface area contributed by atoms with E-state index >= 15 is 0 Å². The van der Waals surface area contributed by atoms with Crippen molar-refractivity contribution in [2.45, 2.75) is 40.0 Å². The molecule has 1 heterocycles. The highest BCUT2D eigenvalue weighted by atomic mass is 79.9. The molecule has 210 valence electrons. The van der Waals surface area contributed by atoms with Crippen molar-refractivity contribution in [3.63, 3.8) is 0 Å². The van der Waals surface area contributed by atoms with Crippen LogP contribution in [0.3, 0.4) is 0 Å². The van der Waals surface area contributed by atoms with Crippen LogP contribution in [0.5, 0.6) is 0 Å². The number of alkyl carbamates (subject to hydrolysis) is 1. The molecule has 0 fully saturated rings. The molecule has 3 rings (SSSR count). The first kappa shape index (κ1) is 30.4. The van der Waals surface area contributed by atoms with Crippen molar-refractivity contribution in [2.24, 2.45) is 0 Å².